The van der Waals surface area contributed by atoms with Gasteiger partial charge < -0.3 is 14.4 Å². The summed E-state index contributed by atoms with van der Waals surface area (Å²) < 4.78 is 5.31. The minimum absolute atomic E-state index is 0.0205. The molecule has 0 radical (unpaired) electrons. The highest BCUT2D eigenvalue weighted by Gasteiger charge is 2.28. The van der Waals surface area contributed by atoms with E-state index in [-0.39, 0.29) is 5.91 Å². The average Bonchev–Trinajstić information content (AvgIpc) is 3.27. The molecule has 5 heteroatoms. The van der Waals surface area contributed by atoms with Crippen molar-refractivity contribution in [3.8, 4) is 0 Å². The summed E-state index contributed by atoms with van der Waals surface area (Å²) in [4.78, 5) is 16.0. The lowest BCUT2D eigenvalue weighted by Gasteiger charge is -2.26. The Balaban J connectivity index is 1.60. The fraction of sp³-hybridized carbons (Fsp3) is 0.450. The smallest absolute Gasteiger partial charge is 0.253 e. The van der Waals surface area contributed by atoms with Crippen LogP contribution in [0, 0.1) is 0 Å². The van der Waals surface area contributed by atoms with Crippen molar-refractivity contribution in [1.29, 1.82) is 0 Å². The van der Waals surface area contributed by atoms with Crippen LogP contribution in [0.2, 0.25) is 0 Å². The molecule has 0 aliphatic carbocycles. The predicted molar refractivity (Wildman–Crippen MR) is 96.2 cm³/mol. The van der Waals surface area contributed by atoms with E-state index in [9.17, 15) is 9.90 Å². The van der Waals surface area contributed by atoms with Crippen molar-refractivity contribution in [3.63, 3.8) is 0 Å². The number of hydrogen-bond donors (Lipinski definition) is 1. The van der Waals surface area contributed by atoms with Crippen LogP contribution in [0.15, 0.2) is 47.1 Å². The Hall–Kier alpha value is -2.11. The van der Waals surface area contributed by atoms with Gasteiger partial charge in [-0.3, -0.25) is 9.69 Å². The van der Waals surface area contributed by atoms with Crippen molar-refractivity contribution in [3.05, 3.63) is 59.5 Å². The van der Waals surface area contributed by atoms with Crippen LogP contribution in [-0.2, 0) is 6.54 Å². The van der Waals surface area contributed by atoms with Crippen molar-refractivity contribution in [2.24, 2.45) is 0 Å². The second-order valence-electron chi connectivity index (χ2n) is 6.93. The van der Waals surface area contributed by atoms with Gasteiger partial charge in [0.05, 0.1) is 6.26 Å². The van der Waals surface area contributed by atoms with Crippen molar-refractivity contribution in [2.45, 2.75) is 38.0 Å². The molecule has 1 N–H and O–H groups in total. The number of nitrogens with zero attached hydrogens (tertiary/aromatic N) is 2. The number of hydrogen-bond acceptors (Lipinski definition) is 4. The second-order valence-corrected chi connectivity index (χ2v) is 6.93. The zero-order chi connectivity index (χ0) is 17.8. The van der Waals surface area contributed by atoms with E-state index < -0.39 is 6.10 Å². The molecule has 1 aliphatic rings. The molecule has 1 aliphatic heterocycles. The average molecular weight is 342 g/mol. The molecule has 1 saturated heterocycles. The van der Waals surface area contributed by atoms with Gasteiger partial charge in [0, 0.05) is 32.2 Å². The maximum atomic E-state index is 12.0. The summed E-state index contributed by atoms with van der Waals surface area (Å²) in [5.41, 5.74) is 1.90. The molecule has 0 spiro atoms. The zero-order valence-corrected chi connectivity index (χ0v) is 14.9. The summed E-state index contributed by atoms with van der Waals surface area (Å²) in [7, 11) is 3.52. The van der Waals surface area contributed by atoms with E-state index in [0.717, 1.165) is 25.9 Å². The van der Waals surface area contributed by atoms with Gasteiger partial charge in [-0.25, -0.2) is 0 Å². The Morgan fingerprint density at radius 3 is 2.72 bits per heavy atom. The number of carbonyl (C=O) groups excluding carboxylic acids is 1. The first-order chi connectivity index (χ1) is 12.0. The third kappa shape index (κ3) is 4.30. The maximum Gasteiger partial charge on any atom is 0.253 e. The fourth-order valence-electron chi connectivity index (χ4n) is 3.47. The molecule has 5 nitrogen and oxygen atoms in total. The SMILES string of the molecule is CN(C)C(=O)c1ccc(CN2CCCC2CC(O)c2ccco2)cc1. The summed E-state index contributed by atoms with van der Waals surface area (Å²) in [5, 5.41) is 10.3. The van der Waals surface area contributed by atoms with Crippen LogP contribution in [0.4, 0.5) is 0 Å². The summed E-state index contributed by atoms with van der Waals surface area (Å²) in [6, 6.07) is 11.8. The van der Waals surface area contributed by atoms with Crippen LogP contribution >= 0.6 is 0 Å². The van der Waals surface area contributed by atoms with Crippen LogP contribution in [0.3, 0.4) is 0 Å². The van der Waals surface area contributed by atoms with Crippen LogP contribution < -0.4 is 0 Å². The molecule has 3 rings (SSSR count). The third-order valence-corrected chi connectivity index (χ3v) is 4.86. The second kappa shape index (κ2) is 7.85. The minimum atomic E-state index is -0.555. The van der Waals surface area contributed by atoms with Crippen molar-refractivity contribution < 1.29 is 14.3 Å². The summed E-state index contributed by atoms with van der Waals surface area (Å²) in [6.45, 7) is 1.87. The number of furan rings is 1. The van der Waals surface area contributed by atoms with Gasteiger partial charge >= 0.3 is 0 Å². The standard InChI is InChI=1S/C20H26N2O3/c1-21(2)20(24)16-9-7-15(8-10-16)14-22-11-3-5-17(22)13-18(23)19-6-4-12-25-19/h4,6-10,12,17-18,23H,3,5,11,13-14H2,1-2H3. The van der Waals surface area contributed by atoms with Crippen molar-refractivity contribution in [2.75, 3.05) is 20.6 Å². The highest BCUT2D eigenvalue weighted by atomic mass is 16.4. The topological polar surface area (TPSA) is 56.9 Å². The highest BCUT2D eigenvalue weighted by molar-refractivity contribution is 5.93. The molecule has 0 saturated carbocycles. The van der Waals surface area contributed by atoms with E-state index in [1.54, 1.807) is 25.3 Å². The van der Waals surface area contributed by atoms with Crippen LogP contribution in [0.5, 0.6) is 0 Å². The number of amides is 1. The molecule has 2 heterocycles. The summed E-state index contributed by atoms with van der Waals surface area (Å²) in [6.07, 6.45) is 3.97. The number of carbonyl (C=O) groups is 1. The van der Waals surface area contributed by atoms with Gasteiger partial charge in [-0.05, 0) is 55.6 Å². The first-order valence-corrected chi connectivity index (χ1v) is 8.80. The van der Waals surface area contributed by atoms with E-state index in [1.165, 1.54) is 5.56 Å². The fourth-order valence-corrected chi connectivity index (χ4v) is 3.47. The van der Waals surface area contributed by atoms with Gasteiger partial charge in [0.1, 0.15) is 11.9 Å². The number of aliphatic hydroxyl groups is 1. The molecule has 2 aromatic rings. The molecule has 1 amide bonds. The zero-order valence-electron chi connectivity index (χ0n) is 14.9. The first-order valence-electron chi connectivity index (χ1n) is 8.80. The van der Waals surface area contributed by atoms with E-state index in [1.807, 2.05) is 36.4 Å². The molecule has 1 fully saturated rings. The van der Waals surface area contributed by atoms with Gasteiger partial charge in [0.25, 0.3) is 5.91 Å². The van der Waals surface area contributed by atoms with Crippen LogP contribution in [0.25, 0.3) is 0 Å². The molecule has 2 unspecified atom stereocenters. The Morgan fingerprint density at radius 2 is 2.08 bits per heavy atom. The van der Waals surface area contributed by atoms with Gasteiger partial charge in [-0.2, -0.15) is 0 Å². The Morgan fingerprint density at radius 1 is 1.32 bits per heavy atom. The lowest BCUT2D eigenvalue weighted by Crippen LogP contribution is -2.30. The number of rotatable bonds is 6. The Kier molecular flexibility index (Phi) is 5.56. The van der Waals surface area contributed by atoms with E-state index in [0.29, 0.717) is 23.8 Å². The Labute approximate surface area is 148 Å². The molecular formula is C20H26N2O3. The number of benzene rings is 1. The summed E-state index contributed by atoms with van der Waals surface area (Å²) in [5.74, 6) is 0.658. The van der Waals surface area contributed by atoms with Gasteiger partial charge in [0.15, 0.2) is 0 Å². The van der Waals surface area contributed by atoms with Crippen molar-refractivity contribution in [1.82, 2.24) is 9.80 Å². The lowest BCUT2D eigenvalue weighted by molar-refractivity contribution is 0.0827. The number of aliphatic hydroxyl groups excluding tert-OH is 1. The molecular weight excluding hydrogens is 316 g/mol. The molecule has 1 aromatic carbocycles. The van der Waals surface area contributed by atoms with Gasteiger partial charge in [-0.15, -0.1) is 0 Å². The molecule has 1 aromatic heterocycles. The Bertz CT molecular complexity index is 679. The highest BCUT2D eigenvalue weighted by Crippen LogP contribution is 2.28. The quantitative estimate of drug-likeness (QED) is 0.876. The van der Waals surface area contributed by atoms with Gasteiger partial charge in [0.2, 0.25) is 0 Å². The van der Waals surface area contributed by atoms with E-state index in [2.05, 4.69) is 4.90 Å². The summed E-state index contributed by atoms with van der Waals surface area (Å²) >= 11 is 0. The van der Waals surface area contributed by atoms with Crippen molar-refractivity contribution >= 4 is 5.91 Å². The van der Waals surface area contributed by atoms with Crippen LogP contribution in [0.1, 0.15) is 47.0 Å². The molecule has 2 atom stereocenters. The first kappa shape index (κ1) is 17.7. The third-order valence-electron chi connectivity index (χ3n) is 4.86. The largest absolute Gasteiger partial charge is 0.467 e. The molecule has 0 bridgehead atoms. The lowest BCUT2D eigenvalue weighted by atomic mass is 10.0. The van der Waals surface area contributed by atoms with Gasteiger partial charge in [-0.1, -0.05) is 12.1 Å². The monoisotopic (exact) mass is 342 g/mol. The van der Waals surface area contributed by atoms with E-state index in [4.69, 9.17) is 4.42 Å². The van der Waals surface area contributed by atoms with Crippen LogP contribution in [-0.4, -0.2) is 47.5 Å². The molecule has 25 heavy (non-hydrogen) atoms. The number of likely N-dealkylation sites (tertiary alicyclic amines) is 1. The maximum absolute atomic E-state index is 12.0. The minimum Gasteiger partial charge on any atom is -0.467 e. The van der Waals surface area contributed by atoms with E-state index >= 15 is 0 Å². The normalized spacial score (nSPS) is 19.1. The molecule has 134 valence electrons. The predicted octanol–water partition coefficient (Wildman–Crippen LogP) is 3.07.